The Bertz CT molecular complexity index is 982. The molecule has 1 heterocycles. The smallest absolute Gasteiger partial charge is 0.336 e. The van der Waals surface area contributed by atoms with Crippen LogP contribution in [0.2, 0.25) is 0 Å². The van der Waals surface area contributed by atoms with Gasteiger partial charge < -0.3 is 9.15 Å². The summed E-state index contributed by atoms with van der Waals surface area (Å²) in [5, 5.41) is 11.6. The Kier molecular flexibility index (Phi) is 4.13. The van der Waals surface area contributed by atoms with E-state index >= 15 is 0 Å². The first-order chi connectivity index (χ1) is 11.4. The lowest BCUT2D eigenvalue weighted by atomic mass is 10.0. The predicted molar refractivity (Wildman–Crippen MR) is 92.3 cm³/mol. The molecule has 0 bridgehead atoms. The SMILES string of the molecule is Cc1cc(=O)oc2cc3cc(O/C=C/C(C)(C)OO)ccc3cc12. The summed E-state index contributed by atoms with van der Waals surface area (Å²) in [5.74, 6) is 0.627. The fourth-order valence-corrected chi connectivity index (χ4v) is 2.42. The standard InChI is InChI=1S/C19H18O5/c1-12-8-18(20)23-17-11-14-9-15(5-4-13(14)10-16(12)17)22-7-6-19(2,3)24-21/h4-11,21H,1-3H3/b7-6+. The van der Waals surface area contributed by atoms with Crippen LogP contribution in [0.25, 0.3) is 21.7 Å². The van der Waals surface area contributed by atoms with Crippen LogP contribution >= 0.6 is 0 Å². The normalized spacial score (nSPS) is 12.3. The first-order valence-corrected chi connectivity index (χ1v) is 7.53. The summed E-state index contributed by atoms with van der Waals surface area (Å²) >= 11 is 0. The van der Waals surface area contributed by atoms with Gasteiger partial charge in [0.05, 0.1) is 6.26 Å². The highest BCUT2D eigenvalue weighted by Crippen LogP contribution is 2.27. The monoisotopic (exact) mass is 326 g/mol. The highest BCUT2D eigenvalue weighted by molar-refractivity contribution is 5.97. The van der Waals surface area contributed by atoms with Crippen LogP contribution in [0, 0.1) is 6.92 Å². The van der Waals surface area contributed by atoms with Gasteiger partial charge in [-0.05, 0) is 67.4 Å². The topological polar surface area (TPSA) is 68.9 Å². The molecule has 3 aromatic rings. The number of hydrogen-bond donors (Lipinski definition) is 1. The molecule has 0 saturated carbocycles. The molecule has 0 radical (unpaired) electrons. The summed E-state index contributed by atoms with van der Waals surface area (Å²) in [5.41, 5.74) is 0.252. The van der Waals surface area contributed by atoms with Gasteiger partial charge in [-0.1, -0.05) is 6.07 Å². The van der Waals surface area contributed by atoms with Crippen LogP contribution in [-0.4, -0.2) is 10.9 Å². The lowest BCUT2D eigenvalue weighted by Crippen LogP contribution is -2.19. The number of hydrogen-bond acceptors (Lipinski definition) is 5. The van der Waals surface area contributed by atoms with Crippen LogP contribution in [0.4, 0.5) is 0 Å². The Morgan fingerprint density at radius 3 is 2.67 bits per heavy atom. The fraction of sp³-hybridized carbons (Fsp3) is 0.211. The molecule has 3 rings (SSSR count). The molecule has 5 heteroatoms. The van der Waals surface area contributed by atoms with Crippen molar-refractivity contribution in [2.45, 2.75) is 26.4 Å². The van der Waals surface area contributed by atoms with Crippen molar-refractivity contribution in [3.05, 3.63) is 64.7 Å². The molecule has 0 spiro atoms. The lowest BCUT2D eigenvalue weighted by molar-refractivity contribution is -0.297. The molecule has 0 saturated heterocycles. The molecule has 0 aliphatic rings. The van der Waals surface area contributed by atoms with Crippen LogP contribution in [0.15, 0.2) is 57.9 Å². The largest absolute Gasteiger partial charge is 0.465 e. The van der Waals surface area contributed by atoms with Crippen molar-refractivity contribution in [2.75, 3.05) is 0 Å². The molecule has 0 aliphatic carbocycles. The van der Waals surface area contributed by atoms with Crippen molar-refractivity contribution < 1.29 is 19.3 Å². The van der Waals surface area contributed by atoms with Crippen LogP contribution < -0.4 is 10.4 Å². The van der Waals surface area contributed by atoms with E-state index in [-0.39, 0.29) is 5.63 Å². The highest BCUT2D eigenvalue weighted by Gasteiger charge is 2.13. The maximum absolute atomic E-state index is 11.5. The minimum absolute atomic E-state index is 0.360. The van der Waals surface area contributed by atoms with Crippen molar-refractivity contribution in [3.63, 3.8) is 0 Å². The van der Waals surface area contributed by atoms with Crippen molar-refractivity contribution in [1.82, 2.24) is 0 Å². The maximum Gasteiger partial charge on any atom is 0.336 e. The van der Waals surface area contributed by atoms with Gasteiger partial charge in [-0.3, -0.25) is 5.26 Å². The molecule has 0 fully saturated rings. The summed E-state index contributed by atoms with van der Waals surface area (Å²) < 4.78 is 10.8. The van der Waals surface area contributed by atoms with E-state index in [2.05, 4.69) is 4.89 Å². The third kappa shape index (κ3) is 3.32. The summed E-state index contributed by atoms with van der Waals surface area (Å²) in [4.78, 5) is 15.8. The molecular weight excluding hydrogens is 308 g/mol. The molecule has 1 aromatic heterocycles. The van der Waals surface area contributed by atoms with E-state index in [0.717, 1.165) is 21.7 Å². The Morgan fingerprint density at radius 1 is 1.12 bits per heavy atom. The van der Waals surface area contributed by atoms with E-state index in [1.54, 1.807) is 19.9 Å². The van der Waals surface area contributed by atoms with Gasteiger partial charge in [-0.2, -0.15) is 0 Å². The van der Waals surface area contributed by atoms with Crippen LogP contribution in [-0.2, 0) is 4.89 Å². The average Bonchev–Trinajstić information content (AvgIpc) is 2.53. The first kappa shape index (κ1) is 16.2. The van der Waals surface area contributed by atoms with E-state index in [0.29, 0.717) is 11.3 Å². The molecule has 0 amide bonds. The third-order valence-electron chi connectivity index (χ3n) is 3.79. The van der Waals surface area contributed by atoms with Gasteiger partial charge in [-0.15, -0.1) is 0 Å². The summed E-state index contributed by atoms with van der Waals surface area (Å²) in [6.07, 6.45) is 3.06. The van der Waals surface area contributed by atoms with Gasteiger partial charge in [0, 0.05) is 11.5 Å². The summed E-state index contributed by atoms with van der Waals surface area (Å²) in [6, 6.07) is 11.0. The zero-order valence-corrected chi connectivity index (χ0v) is 13.7. The Labute approximate surface area is 138 Å². The van der Waals surface area contributed by atoms with Crippen LogP contribution in [0.1, 0.15) is 19.4 Å². The molecular formula is C19H18O5. The zero-order valence-electron chi connectivity index (χ0n) is 13.7. The minimum Gasteiger partial charge on any atom is -0.465 e. The molecule has 5 nitrogen and oxygen atoms in total. The molecule has 24 heavy (non-hydrogen) atoms. The molecule has 1 N–H and O–H groups in total. The number of benzene rings is 2. The van der Waals surface area contributed by atoms with Gasteiger partial charge in [0.15, 0.2) is 0 Å². The minimum atomic E-state index is -0.825. The van der Waals surface area contributed by atoms with Crippen LogP contribution in [0.3, 0.4) is 0 Å². The zero-order chi connectivity index (χ0) is 17.3. The Hall–Kier alpha value is -2.63. The lowest BCUT2D eigenvalue weighted by Gasteiger charge is -2.14. The fourth-order valence-electron chi connectivity index (χ4n) is 2.42. The number of rotatable bonds is 4. The van der Waals surface area contributed by atoms with Gasteiger partial charge in [0.2, 0.25) is 0 Å². The number of fused-ring (bicyclic) bond motifs is 2. The van der Waals surface area contributed by atoms with Gasteiger partial charge in [-0.25, -0.2) is 9.68 Å². The molecule has 2 aromatic carbocycles. The van der Waals surface area contributed by atoms with Crippen LogP contribution in [0.5, 0.6) is 5.75 Å². The molecule has 0 unspecified atom stereocenters. The second kappa shape index (κ2) is 6.11. The van der Waals surface area contributed by atoms with E-state index in [9.17, 15) is 4.79 Å². The Balaban J connectivity index is 1.99. The highest BCUT2D eigenvalue weighted by atomic mass is 17.1. The molecule has 0 atom stereocenters. The Morgan fingerprint density at radius 2 is 1.92 bits per heavy atom. The third-order valence-corrected chi connectivity index (χ3v) is 3.79. The van der Waals surface area contributed by atoms with E-state index in [1.807, 2.05) is 37.3 Å². The van der Waals surface area contributed by atoms with Gasteiger partial charge in [0.1, 0.15) is 16.9 Å². The quantitative estimate of drug-likeness (QED) is 0.253. The maximum atomic E-state index is 11.5. The summed E-state index contributed by atoms with van der Waals surface area (Å²) in [7, 11) is 0. The second-order valence-corrected chi connectivity index (χ2v) is 6.22. The predicted octanol–water partition coefficient (Wildman–Crippen LogP) is 4.42. The van der Waals surface area contributed by atoms with E-state index in [4.69, 9.17) is 14.4 Å². The average molecular weight is 326 g/mol. The second-order valence-electron chi connectivity index (χ2n) is 6.22. The molecule has 124 valence electrons. The number of aryl methyl sites for hydroxylation is 1. The van der Waals surface area contributed by atoms with Crippen molar-refractivity contribution in [1.29, 1.82) is 0 Å². The number of ether oxygens (including phenoxy) is 1. The van der Waals surface area contributed by atoms with E-state index < -0.39 is 5.60 Å². The van der Waals surface area contributed by atoms with Gasteiger partial charge in [0.25, 0.3) is 0 Å². The molecule has 0 aliphatic heterocycles. The van der Waals surface area contributed by atoms with E-state index in [1.165, 1.54) is 12.3 Å². The first-order valence-electron chi connectivity index (χ1n) is 7.53. The summed E-state index contributed by atoms with van der Waals surface area (Å²) in [6.45, 7) is 5.28. The van der Waals surface area contributed by atoms with Crippen molar-refractivity contribution >= 4 is 21.7 Å². The van der Waals surface area contributed by atoms with Crippen molar-refractivity contribution in [2.24, 2.45) is 0 Å². The van der Waals surface area contributed by atoms with Gasteiger partial charge >= 0.3 is 5.63 Å². The van der Waals surface area contributed by atoms with Crippen molar-refractivity contribution in [3.8, 4) is 5.75 Å².